The molecule has 0 bridgehead atoms. The Labute approximate surface area is 104 Å². The third kappa shape index (κ3) is 1.25. The van der Waals surface area contributed by atoms with Crippen molar-refractivity contribution in [1.82, 2.24) is 14.3 Å². The SMILES string of the molecule is Cn1ncc2c3c(c(=O)n(C4CC4)c21)COCC3. The molecule has 0 saturated heterocycles. The van der Waals surface area contributed by atoms with Gasteiger partial charge >= 0.3 is 0 Å². The Morgan fingerprint density at radius 3 is 3.00 bits per heavy atom. The summed E-state index contributed by atoms with van der Waals surface area (Å²) in [6, 6.07) is 0.364. The van der Waals surface area contributed by atoms with Gasteiger partial charge in [0.25, 0.3) is 5.56 Å². The van der Waals surface area contributed by atoms with Gasteiger partial charge in [0.1, 0.15) is 5.65 Å². The monoisotopic (exact) mass is 245 g/mol. The van der Waals surface area contributed by atoms with Gasteiger partial charge in [-0.25, -0.2) is 0 Å². The molecular formula is C13H15N3O2. The first-order valence-corrected chi connectivity index (χ1v) is 6.43. The average molecular weight is 245 g/mol. The minimum absolute atomic E-state index is 0.128. The number of hydrogen-bond donors (Lipinski definition) is 0. The van der Waals surface area contributed by atoms with E-state index in [1.54, 1.807) is 0 Å². The van der Waals surface area contributed by atoms with Crippen LogP contribution in [0.25, 0.3) is 11.0 Å². The molecule has 0 atom stereocenters. The highest BCUT2D eigenvalue weighted by atomic mass is 16.5. The Hall–Kier alpha value is -1.62. The van der Waals surface area contributed by atoms with Crippen LogP contribution >= 0.6 is 0 Å². The minimum atomic E-state index is 0.128. The molecule has 94 valence electrons. The zero-order valence-corrected chi connectivity index (χ0v) is 10.3. The number of nitrogens with zero attached hydrogens (tertiary/aromatic N) is 3. The van der Waals surface area contributed by atoms with Crippen molar-refractivity contribution in [1.29, 1.82) is 0 Å². The van der Waals surface area contributed by atoms with Gasteiger partial charge in [-0.3, -0.25) is 14.0 Å². The number of pyridine rings is 1. The zero-order valence-electron chi connectivity index (χ0n) is 10.3. The number of aromatic nitrogens is 3. The number of aryl methyl sites for hydroxylation is 1. The van der Waals surface area contributed by atoms with E-state index in [4.69, 9.17) is 4.74 Å². The molecule has 2 aromatic heterocycles. The topological polar surface area (TPSA) is 49.0 Å². The highest BCUT2D eigenvalue weighted by Gasteiger charge is 2.31. The summed E-state index contributed by atoms with van der Waals surface area (Å²) in [5.41, 5.74) is 3.09. The summed E-state index contributed by atoms with van der Waals surface area (Å²) >= 11 is 0. The number of ether oxygens (including phenoxy) is 1. The molecule has 0 N–H and O–H groups in total. The largest absolute Gasteiger partial charge is 0.376 e. The zero-order chi connectivity index (χ0) is 12.3. The second-order valence-electron chi connectivity index (χ2n) is 5.17. The van der Waals surface area contributed by atoms with Crippen molar-refractivity contribution >= 4 is 11.0 Å². The average Bonchev–Trinajstić information content (AvgIpc) is 3.15. The molecule has 0 spiro atoms. The number of fused-ring (bicyclic) bond motifs is 3. The van der Waals surface area contributed by atoms with E-state index in [1.807, 2.05) is 22.5 Å². The van der Waals surface area contributed by atoms with Crippen LogP contribution in [-0.2, 0) is 24.8 Å². The van der Waals surface area contributed by atoms with Crippen molar-refractivity contribution in [3.63, 3.8) is 0 Å². The molecule has 1 saturated carbocycles. The van der Waals surface area contributed by atoms with Crippen molar-refractivity contribution in [2.75, 3.05) is 6.61 Å². The van der Waals surface area contributed by atoms with E-state index in [0.717, 1.165) is 41.4 Å². The normalized spacial score (nSPS) is 19.2. The molecule has 0 unspecified atom stereocenters. The summed E-state index contributed by atoms with van der Waals surface area (Å²) < 4.78 is 9.20. The van der Waals surface area contributed by atoms with E-state index in [-0.39, 0.29) is 5.56 Å². The van der Waals surface area contributed by atoms with Gasteiger partial charge in [0, 0.05) is 24.0 Å². The van der Waals surface area contributed by atoms with E-state index in [1.165, 1.54) is 0 Å². The molecule has 3 heterocycles. The maximum atomic E-state index is 12.6. The van der Waals surface area contributed by atoms with Crippen LogP contribution in [0.5, 0.6) is 0 Å². The Kier molecular flexibility index (Phi) is 1.97. The lowest BCUT2D eigenvalue weighted by Crippen LogP contribution is -2.29. The lowest BCUT2D eigenvalue weighted by atomic mass is 10.0. The summed E-state index contributed by atoms with van der Waals surface area (Å²) in [6.07, 6.45) is 4.90. The van der Waals surface area contributed by atoms with E-state index in [0.29, 0.717) is 19.3 Å². The van der Waals surface area contributed by atoms with Gasteiger partial charge in [-0.1, -0.05) is 0 Å². The number of rotatable bonds is 1. The van der Waals surface area contributed by atoms with Gasteiger partial charge in [0.15, 0.2) is 0 Å². The lowest BCUT2D eigenvalue weighted by molar-refractivity contribution is 0.110. The van der Waals surface area contributed by atoms with Crippen LogP contribution in [0.2, 0.25) is 0 Å². The van der Waals surface area contributed by atoms with Crippen molar-refractivity contribution in [2.24, 2.45) is 7.05 Å². The fourth-order valence-electron chi connectivity index (χ4n) is 2.92. The van der Waals surface area contributed by atoms with Crippen LogP contribution < -0.4 is 5.56 Å². The van der Waals surface area contributed by atoms with Gasteiger partial charge in [-0.15, -0.1) is 0 Å². The first-order chi connectivity index (χ1) is 8.77. The summed E-state index contributed by atoms with van der Waals surface area (Å²) in [4.78, 5) is 12.6. The molecule has 1 aliphatic carbocycles. The van der Waals surface area contributed by atoms with Crippen LogP contribution in [0.1, 0.15) is 30.0 Å². The van der Waals surface area contributed by atoms with Gasteiger partial charge in [0.05, 0.1) is 19.4 Å². The highest BCUT2D eigenvalue weighted by Crippen LogP contribution is 2.37. The summed E-state index contributed by atoms with van der Waals surface area (Å²) in [5.74, 6) is 0. The maximum absolute atomic E-state index is 12.6. The fraction of sp³-hybridized carbons (Fsp3) is 0.538. The molecule has 1 aliphatic heterocycles. The smallest absolute Gasteiger partial charge is 0.258 e. The summed E-state index contributed by atoms with van der Waals surface area (Å²) in [7, 11) is 1.91. The van der Waals surface area contributed by atoms with Crippen molar-refractivity contribution in [3.8, 4) is 0 Å². The van der Waals surface area contributed by atoms with E-state index >= 15 is 0 Å². The first kappa shape index (κ1) is 10.3. The van der Waals surface area contributed by atoms with E-state index in [2.05, 4.69) is 5.10 Å². The summed E-state index contributed by atoms with van der Waals surface area (Å²) in [6.45, 7) is 1.15. The Morgan fingerprint density at radius 2 is 2.22 bits per heavy atom. The van der Waals surface area contributed by atoms with E-state index < -0.39 is 0 Å². The third-order valence-electron chi connectivity index (χ3n) is 3.96. The molecule has 18 heavy (non-hydrogen) atoms. The van der Waals surface area contributed by atoms with Crippen LogP contribution in [0, 0.1) is 0 Å². The van der Waals surface area contributed by atoms with Gasteiger partial charge < -0.3 is 4.74 Å². The van der Waals surface area contributed by atoms with Crippen molar-refractivity contribution in [3.05, 3.63) is 27.7 Å². The molecule has 0 amide bonds. The van der Waals surface area contributed by atoms with Crippen LogP contribution in [-0.4, -0.2) is 21.0 Å². The Balaban J connectivity index is 2.17. The van der Waals surface area contributed by atoms with Gasteiger partial charge in [-0.05, 0) is 24.8 Å². The second kappa shape index (κ2) is 3.45. The van der Waals surface area contributed by atoms with Crippen LogP contribution in [0.4, 0.5) is 0 Å². The molecule has 5 nitrogen and oxygen atoms in total. The minimum Gasteiger partial charge on any atom is -0.376 e. The quantitative estimate of drug-likeness (QED) is 0.757. The van der Waals surface area contributed by atoms with Crippen LogP contribution in [0.15, 0.2) is 11.0 Å². The fourth-order valence-corrected chi connectivity index (χ4v) is 2.92. The van der Waals surface area contributed by atoms with Gasteiger partial charge in [0.2, 0.25) is 0 Å². The molecule has 0 aromatic carbocycles. The highest BCUT2D eigenvalue weighted by molar-refractivity contribution is 5.80. The maximum Gasteiger partial charge on any atom is 0.258 e. The number of hydrogen-bond acceptors (Lipinski definition) is 3. The lowest BCUT2D eigenvalue weighted by Gasteiger charge is -2.19. The molecule has 0 radical (unpaired) electrons. The molecule has 1 fully saturated rings. The second-order valence-corrected chi connectivity index (χ2v) is 5.17. The predicted octanol–water partition coefficient (Wildman–Crippen LogP) is 1.14. The Morgan fingerprint density at radius 1 is 1.39 bits per heavy atom. The van der Waals surface area contributed by atoms with Gasteiger partial charge in [-0.2, -0.15) is 5.10 Å². The van der Waals surface area contributed by atoms with Crippen molar-refractivity contribution in [2.45, 2.75) is 31.9 Å². The summed E-state index contributed by atoms with van der Waals surface area (Å²) in [5, 5.41) is 5.46. The molecule has 5 heteroatoms. The molecular weight excluding hydrogens is 230 g/mol. The van der Waals surface area contributed by atoms with E-state index in [9.17, 15) is 4.79 Å². The standard InChI is InChI=1S/C13H15N3O2/c1-15-12-10(6-14-15)9-4-5-18-7-11(9)13(17)16(12)8-2-3-8/h6,8H,2-5,7H2,1H3. The molecule has 4 rings (SSSR count). The Bertz CT molecular complexity index is 694. The third-order valence-corrected chi connectivity index (χ3v) is 3.96. The first-order valence-electron chi connectivity index (χ1n) is 6.43. The molecule has 2 aliphatic rings. The predicted molar refractivity (Wildman–Crippen MR) is 66.6 cm³/mol. The van der Waals surface area contributed by atoms with Crippen LogP contribution in [0.3, 0.4) is 0 Å². The van der Waals surface area contributed by atoms with Crippen molar-refractivity contribution < 1.29 is 4.74 Å². The molecule has 2 aromatic rings.